The fourth-order valence-electron chi connectivity index (χ4n) is 3.47. The Morgan fingerprint density at radius 3 is 2.81 bits per heavy atom. The van der Waals surface area contributed by atoms with Gasteiger partial charge in [-0.2, -0.15) is 0 Å². The maximum Gasteiger partial charge on any atom is 0.411 e. The van der Waals surface area contributed by atoms with Crippen molar-refractivity contribution in [1.29, 1.82) is 0 Å². The van der Waals surface area contributed by atoms with Crippen LogP contribution >= 0.6 is 15.9 Å². The Balaban J connectivity index is 1.76. The highest BCUT2D eigenvalue weighted by atomic mass is 79.9. The second-order valence-corrected chi connectivity index (χ2v) is 8.82. The fourth-order valence-corrected chi connectivity index (χ4v) is 3.83. The number of carbonyl (C=O) groups excluding carboxylic acids is 1. The molecule has 140 valence electrons. The molecule has 2 aromatic carbocycles. The second kappa shape index (κ2) is 6.37. The summed E-state index contributed by atoms with van der Waals surface area (Å²) in [7, 11) is 0. The van der Waals surface area contributed by atoms with Gasteiger partial charge in [-0.15, -0.1) is 0 Å². The van der Waals surface area contributed by atoms with Crippen LogP contribution in [0.5, 0.6) is 0 Å². The molecule has 1 aromatic heterocycles. The molecule has 27 heavy (non-hydrogen) atoms. The summed E-state index contributed by atoms with van der Waals surface area (Å²) in [5, 5.41) is 2.27. The van der Waals surface area contributed by atoms with Crippen LogP contribution in [0.2, 0.25) is 0 Å². The third-order valence-corrected chi connectivity index (χ3v) is 5.13. The van der Waals surface area contributed by atoms with Gasteiger partial charge in [0.05, 0.1) is 11.0 Å². The minimum absolute atomic E-state index is 0.252. The third kappa shape index (κ3) is 3.34. The van der Waals surface area contributed by atoms with Crippen molar-refractivity contribution in [3.05, 3.63) is 52.3 Å². The van der Waals surface area contributed by atoms with Gasteiger partial charge in [0.25, 0.3) is 0 Å². The van der Waals surface area contributed by atoms with E-state index >= 15 is 0 Å². The van der Waals surface area contributed by atoms with Crippen LogP contribution < -0.4 is 0 Å². The van der Waals surface area contributed by atoms with Crippen molar-refractivity contribution in [2.24, 2.45) is 0 Å². The summed E-state index contributed by atoms with van der Waals surface area (Å²) in [5.41, 5.74) is 2.54. The van der Waals surface area contributed by atoms with E-state index in [1.165, 1.54) is 10.9 Å². The molecular formula is C21H22BrN3O2. The summed E-state index contributed by atoms with van der Waals surface area (Å²) >= 11 is 3.54. The Labute approximate surface area is 166 Å². The SMILES string of the molecule is Cc1cc2[nH]c([C@@H]3C=CCN3C(=O)OC(C)(C)C)nc2c2ccc(Br)cc12. The van der Waals surface area contributed by atoms with Crippen molar-refractivity contribution >= 4 is 43.8 Å². The molecular weight excluding hydrogens is 406 g/mol. The lowest BCUT2D eigenvalue weighted by molar-refractivity contribution is 0.0235. The van der Waals surface area contributed by atoms with Crippen molar-refractivity contribution in [3.8, 4) is 0 Å². The van der Waals surface area contributed by atoms with E-state index in [1.54, 1.807) is 4.90 Å². The van der Waals surface area contributed by atoms with Gasteiger partial charge >= 0.3 is 6.09 Å². The molecule has 0 unspecified atom stereocenters. The number of nitrogens with one attached hydrogen (secondary N) is 1. The molecule has 4 rings (SSSR count). The number of aryl methyl sites for hydroxylation is 1. The van der Waals surface area contributed by atoms with E-state index < -0.39 is 5.60 Å². The zero-order valence-electron chi connectivity index (χ0n) is 15.8. The van der Waals surface area contributed by atoms with Gasteiger partial charge in [-0.1, -0.05) is 34.1 Å². The molecule has 0 spiro atoms. The van der Waals surface area contributed by atoms with E-state index in [0.29, 0.717) is 6.54 Å². The highest BCUT2D eigenvalue weighted by molar-refractivity contribution is 9.10. The van der Waals surface area contributed by atoms with Gasteiger partial charge in [0.1, 0.15) is 17.5 Å². The monoisotopic (exact) mass is 427 g/mol. The lowest BCUT2D eigenvalue weighted by Crippen LogP contribution is -2.37. The number of amides is 1. The van der Waals surface area contributed by atoms with Gasteiger partial charge in [0.15, 0.2) is 0 Å². The quantitative estimate of drug-likeness (QED) is 0.511. The maximum atomic E-state index is 12.6. The van der Waals surface area contributed by atoms with E-state index in [-0.39, 0.29) is 12.1 Å². The number of imidazole rings is 1. The van der Waals surface area contributed by atoms with E-state index in [2.05, 4.69) is 46.0 Å². The molecule has 1 aliphatic rings. The van der Waals surface area contributed by atoms with Crippen LogP contribution in [0.15, 0.2) is 40.9 Å². The lowest BCUT2D eigenvalue weighted by Gasteiger charge is -2.27. The number of carbonyl (C=O) groups is 1. The van der Waals surface area contributed by atoms with E-state index in [4.69, 9.17) is 9.72 Å². The molecule has 1 aliphatic heterocycles. The second-order valence-electron chi connectivity index (χ2n) is 7.91. The Morgan fingerprint density at radius 2 is 2.07 bits per heavy atom. The summed E-state index contributed by atoms with van der Waals surface area (Å²) in [6, 6.07) is 8.07. The van der Waals surface area contributed by atoms with Crippen LogP contribution in [0.1, 0.15) is 38.2 Å². The summed E-state index contributed by atoms with van der Waals surface area (Å²) in [5.74, 6) is 0.749. The lowest BCUT2D eigenvalue weighted by atomic mass is 10.0. The van der Waals surface area contributed by atoms with Crippen LogP contribution in [0.4, 0.5) is 4.79 Å². The number of H-pyrrole nitrogens is 1. The van der Waals surface area contributed by atoms with Gasteiger partial charge in [-0.05, 0) is 56.8 Å². The molecule has 0 bridgehead atoms. The number of rotatable bonds is 1. The molecule has 1 N–H and O–H groups in total. The first-order valence-corrected chi connectivity index (χ1v) is 9.77. The van der Waals surface area contributed by atoms with Crippen LogP contribution in [-0.4, -0.2) is 33.1 Å². The Morgan fingerprint density at radius 1 is 1.30 bits per heavy atom. The number of fused-ring (bicyclic) bond motifs is 3. The van der Waals surface area contributed by atoms with Crippen LogP contribution in [0.25, 0.3) is 21.8 Å². The van der Waals surface area contributed by atoms with E-state index in [0.717, 1.165) is 26.7 Å². The van der Waals surface area contributed by atoms with Crippen molar-refractivity contribution in [3.63, 3.8) is 0 Å². The average Bonchev–Trinajstić information content (AvgIpc) is 3.19. The summed E-state index contributed by atoms with van der Waals surface area (Å²) in [6.07, 6.45) is 3.64. The Kier molecular flexibility index (Phi) is 4.26. The first-order chi connectivity index (χ1) is 12.7. The number of aromatic nitrogens is 2. The predicted molar refractivity (Wildman–Crippen MR) is 111 cm³/mol. The molecule has 0 saturated carbocycles. The number of hydrogen-bond donors (Lipinski definition) is 1. The van der Waals surface area contributed by atoms with Crippen molar-refractivity contribution in [2.75, 3.05) is 6.54 Å². The Hall–Kier alpha value is -2.34. The van der Waals surface area contributed by atoms with Gasteiger partial charge in [-0.3, -0.25) is 4.90 Å². The molecule has 3 aromatic rings. The van der Waals surface area contributed by atoms with Crippen molar-refractivity contribution in [2.45, 2.75) is 39.3 Å². The minimum Gasteiger partial charge on any atom is -0.444 e. The van der Waals surface area contributed by atoms with E-state index in [1.807, 2.05) is 39.0 Å². The molecule has 0 aliphatic carbocycles. The normalized spacial score (nSPS) is 17.2. The molecule has 2 heterocycles. The summed E-state index contributed by atoms with van der Waals surface area (Å²) < 4.78 is 6.59. The van der Waals surface area contributed by atoms with Crippen LogP contribution in [-0.2, 0) is 4.74 Å². The number of nitrogens with zero attached hydrogens (tertiary/aromatic N) is 2. The number of benzene rings is 2. The summed E-state index contributed by atoms with van der Waals surface area (Å²) in [4.78, 5) is 22.5. The maximum absolute atomic E-state index is 12.6. The van der Waals surface area contributed by atoms with Crippen molar-refractivity contribution < 1.29 is 9.53 Å². The molecule has 6 heteroatoms. The third-order valence-electron chi connectivity index (χ3n) is 4.64. The van der Waals surface area contributed by atoms with Crippen LogP contribution in [0, 0.1) is 6.92 Å². The molecule has 0 fully saturated rings. The smallest absolute Gasteiger partial charge is 0.411 e. The van der Waals surface area contributed by atoms with Gasteiger partial charge in [0, 0.05) is 16.4 Å². The minimum atomic E-state index is -0.529. The molecule has 5 nitrogen and oxygen atoms in total. The van der Waals surface area contributed by atoms with E-state index in [9.17, 15) is 4.79 Å². The molecule has 0 saturated heterocycles. The highest BCUT2D eigenvalue weighted by Crippen LogP contribution is 2.33. The van der Waals surface area contributed by atoms with Crippen molar-refractivity contribution in [1.82, 2.24) is 14.9 Å². The van der Waals surface area contributed by atoms with Crippen LogP contribution in [0.3, 0.4) is 0 Å². The first-order valence-electron chi connectivity index (χ1n) is 8.98. The van der Waals surface area contributed by atoms with Gasteiger partial charge in [-0.25, -0.2) is 9.78 Å². The predicted octanol–water partition coefficient (Wildman–Crippen LogP) is 5.64. The Bertz CT molecular complexity index is 1080. The zero-order chi connectivity index (χ0) is 19.3. The highest BCUT2D eigenvalue weighted by Gasteiger charge is 2.32. The average molecular weight is 428 g/mol. The molecule has 0 radical (unpaired) electrons. The standard InChI is InChI=1S/C21H22BrN3O2/c1-12-10-16-18(14-8-7-13(22)11-15(12)14)24-19(23-16)17-6-5-9-25(17)20(26)27-21(2,3)4/h5-8,10-11,17H,9H2,1-4H3,(H,23,24)/t17-/m0/s1. The number of hydrogen-bond acceptors (Lipinski definition) is 3. The summed E-state index contributed by atoms with van der Waals surface area (Å²) in [6.45, 7) is 8.23. The van der Waals surface area contributed by atoms with Gasteiger partial charge in [0.2, 0.25) is 0 Å². The first kappa shape index (κ1) is 18.0. The zero-order valence-corrected chi connectivity index (χ0v) is 17.4. The molecule has 1 amide bonds. The number of aromatic amines is 1. The number of halogens is 1. The fraction of sp³-hybridized carbons (Fsp3) is 0.333. The van der Waals surface area contributed by atoms with Gasteiger partial charge < -0.3 is 9.72 Å². The number of ether oxygens (including phenoxy) is 1. The topological polar surface area (TPSA) is 58.2 Å². The molecule has 1 atom stereocenters. The largest absolute Gasteiger partial charge is 0.444 e.